The van der Waals surface area contributed by atoms with Gasteiger partial charge in [-0.15, -0.1) is 0 Å². The molecule has 0 fully saturated rings. The molecule has 0 aliphatic rings. The summed E-state index contributed by atoms with van der Waals surface area (Å²) >= 11 is 8.78. The van der Waals surface area contributed by atoms with Crippen molar-refractivity contribution in [1.82, 2.24) is 0 Å². The summed E-state index contributed by atoms with van der Waals surface area (Å²) in [5.74, 6) is -0.987. The molecule has 0 aliphatic heterocycles. The van der Waals surface area contributed by atoms with E-state index in [1.165, 1.54) is 24.3 Å². The molecule has 0 unspecified atom stereocenters. The molecular formula is C13H8BrClF2O2. The van der Waals surface area contributed by atoms with Gasteiger partial charge in [0.2, 0.25) is 0 Å². The van der Waals surface area contributed by atoms with Crippen LogP contribution in [0.4, 0.5) is 8.78 Å². The Morgan fingerprint density at radius 3 is 2.58 bits per heavy atom. The van der Waals surface area contributed by atoms with E-state index in [0.717, 1.165) is 6.07 Å². The minimum atomic E-state index is -0.651. The van der Waals surface area contributed by atoms with Crippen LogP contribution in [0.5, 0.6) is 11.5 Å². The van der Waals surface area contributed by atoms with Crippen molar-refractivity contribution in [3.63, 3.8) is 0 Å². The van der Waals surface area contributed by atoms with Crippen molar-refractivity contribution in [2.45, 2.75) is 6.61 Å². The fraction of sp³-hybridized carbons (Fsp3) is 0.0769. The first kappa shape index (κ1) is 14.2. The summed E-state index contributed by atoms with van der Waals surface area (Å²) in [5.41, 5.74) is 0.00441. The van der Waals surface area contributed by atoms with Crippen LogP contribution >= 0.6 is 27.5 Å². The van der Waals surface area contributed by atoms with Gasteiger partial charge >= 0.3 is 0 Å². The van der Waals surface area contributed by atoms with Gasteiger partial charge in [-0.3, -0.25) is 0 Å². The second kappa shape index (κ2) is 5.86. The van der Waals surface area contributed by atoms with Crippen molar-refractivity contribution in [3.05, 3.63) is 57.0 Å². The number of ether oxygens (including phenoxy) is 1. The maximum Gasteiger partial charge on any atom is 0.145 e. The van der Waals surface area contributed by atoms with Gasteiger partial charge in [-0.2, -0.15) is 0 Å². The molecule has 0 radical (unpaired) electrons. The van der Waals surface area contributed by atoms with Crippen LogP contribution in [0.2, 0.25) is 5.02 Å². The van der Waals surface area contributed by atoms with Gasteiger partial charge in [-0.1, -0.05) is 17.7 Å². The molecule has 2 aromatic carbocycles. The first-order valence-electron chi connectivity index (χ1n) is 5.23. The molecular weight excluding hydrogens is 341 g/mol. The van der Waals surface area contributed by atoms with E-state index in [1.54, 1.807) is 0 Å². The maximum absolute atomic E-state index is 13.5. The Morgan fingerprint density at radius 1 is 1.16 bits per heavy atom. The maximum atomic E-state index is 13.5. The van der Waals surface area contributed by atoms with Crippen molar-refractivity contribution in [3.8, 4) is 11.5 Å². The van der Waals surface area contributed by atoms with Crippen molar-refractivity contribution >= 4 is 27.5 Å². The molecule has 0 amide bonds. The zero-order valence-corrected chi connectivity index (χ0v) is 11.8. The zero-order valence-electron chi connectivity index (χ0n) is 9.46. The third-order valence-electron chi connectivity index (χ3n) is 2.43. The first-order valence-corrected chi connectivity index (χ1v) is 6.40. The Balaban J connectivity index is 2.42. The van der Waals surface area contributed by atoms with Crippen molar-refractivity contribution in [2.24, 2.45) is 0 Å². The highest BCUT2D eigenvalue weighted by atomic mass is 79.9. The first-order chi connectivity index (χ1) is 9.02. The molecule has 100 valence electrons. The highest BCUT2D eigenvalue weighted by Gasteiger charge is 2.13. The summed E-state index contributed by atoms with van der Waals surface area (Å²) in [5, 5.41) is 9.06. The summed E-state index contributed by atoms with van der Waals surface area (Å²) < 4.78 is 32.6. The normalized spacial score (nSPS) is 10.6. The molecule has 0 aliphatic carbocycles. The monoisotopic (exact) mass is 348 g/mol. The molecule has 0 heterocycles. The molecule has 0 atom stereocenters. The summed E-state index contributed by atoms with van der Waals surface area (Å²) in [6, 6.07) is 6.54. The third kappa shape index (κ3) is 3.05. The Hall–Kier alpha value is -1.17. The van der Waals surface area contributed by atoms with E-state index in [0.29, 0.717) is 4.47 Å². The number of rotatable bonds is 3. The number of hydrogen-bond donors (Lipinski definition) is 1. The number of aliphatic hydroxyl groups excluding tert-OH is 1. The predicted molar refractivity (Wildman–Crippen MR) is 71.5 cm³/mol. The van der Waals surface area contributed by atoms with Gasteiger partial charge in [-0.25, -0.2) is 8.78 Å². The lowest BCUT2D eigenvalue weighted by Gasteiger charge is -2.12. The summed E-state index contributed by atoms with van der Waals surface area (Å²) in [7, 11) is 0. The number of halogens is 4. The van der Waals surface area contributed by atoms with Gasteiger partial charge in [-0.05, 0) is 34.1 Å². The van der Waals surface area contributed by atoms with Crippen LogP contribution in [-0.2, 0) is 6.61 Å². The van der Waals surface area contributed by atoms with E-state index in [-0.39, 0.29) is 22.1 Å². The van der Waals surface area contributed by atoms with Gasteiger partial charge in [0.15, 0.2) is 0 Å². The van der Waals surface area contributed by atoms with Gasteiger partial charge in [0.25, 0.3) is 0 Å². The average molecular weight is 350 g/mol. The minimum Gasteiger partial charge on any atom is -0.456 e. The lowest BCUT2D eigenvalue weighted by molar-refractivity contribution is 0.269. The fourth-order valence-electron chi connectivity index (χ4n) is 1.49. The van der Waals surface area contributed by atoms with Crippen molar-refractivity contribution < 1.29 is 18.6 Å². The average Bonchev–Trinajstić information content (AvgIpc) is 2.36. The standard InChI is InChI=1S/C13H8BrClF2O2/c14-8-4-9(15)11(17)5-13(8)19-12-3-1-2-10(16)7(12)6-18/h1-5,18H,6H2. The summed E-state index contributed by atoms with van der Waals surface area (Å²) in [6.07, 6.45) is 0. The minimum absolute atomic E-state index is 0.00441. The molecule has 1 N–H and O–H groups in total. The van der Waals surface area contributed by atoms with Crippen molar-refractivity contribution in [1.29, 1.82) is 0 Å². The smallest absolute Gasteiger partial charge is 0.145 e. The second-order valence-corrected chi connectivity index (χ2v) is 4.93. The highest BCUT2D eigenvalue weighted by Crippen LogP contribution is 2.35. The summed E-state index contributed by atoms with van der Waals surface area (Å²) in [6.45, 7) is -0.518. The van der Waals surface area contributed by atoms with Crippen LogP contribution in [0.25, 0.3) is 0 Å². The van der Waals surface area contributed by atoms with Crippen molar-refractivity contribution in [2.75, 3.05) is 0 Å². The van der Waals surface area contributed by atoms with Gasteiger partial charge < -0.3 is 9.84 Å². The van der Waals surface area contributed by atoms with E-state index >= 15 is 0 Å². The Morgan fingerprint density at radius 2 is 1.89 bits per heavy atom. The van der Waals surface area contributed by atoms with Crippen LogP contribution < -0.4 is 4.74 Å². The number of aliphatic hydroxyl groups is 1. The number of benzene rings is 2. The number of hydrogen-bond acceptors (Lipinski definition) is 2. The zero-order chi connectivity index (χ0) is 14.0. The Labute approximate surface area is 121 Å². The molecule has 0 aromatic heterocycles. The summed E-state index contributed by atoms with van der Waals surface area (Å²) in [4.78, 5) is 0. The molecule has 6 heteroatoms. The van der Waals surface area contributed by atoms with Crippen LogP contribution in [-0.4, -0.2) is 5.11 Å². The predicted octanol–water partition coefficient (Wildman–Crippen LogP) is 4.67. The molecule has 0 saturated carbocycles. The Kier molecular flexibility index (Phi) is 4.39. The molecule has 19 heavy (non-hydrogen) atoms. The largest absolute Gasteiger partial charge is 0.456 e. The molecule has 0 bridgehead atoms. The van der Waals surface area contributed by atoms with Crippen LogP contribution in [0, 0.1) is 11.6 Å². The second-order valence-electron chi connectivity index (χ2n) is 3.67. The van der Waals surface area contributed by atoms with E-state index < -0.39 is 18.2 Å². The molecule has 0 spiro atoms. The van der Waals surface area contributed by atoms with Crippen LogP contribution in [0.15, 0.2) is 34.8 Å². The molecule has 0 saturated heterocycles. The van der Waals surface area contributed by atoms with E-state index in [4.69, 9.17) is 21.4 Å². The molecule has 2 aromatic rings. The topological polar surface area (TPSA) is 29.5 Å². The lowest BCUT2D eigenvalue weighted by Crippen LogP contribution is -1.96. The van der Waals surface area contributed by atoms with Gasteiger partial charge in [0, 0.05) is 6.07 Å². The molecule has 2 rings (SSSR count). The van der Waals surface area contributed by atoms with Gasteiger partial charge in [0.05, 0.1) is 21.7 Å². The molecule has 2 nitrogen and oxygen atoms in total. The Bertz CT molecular complexity index is 620. The van der Waals surface area contributed by atoms with Gasteiger partial charge in [0.1, 0.15) is 23.1 Å². The highest BCUT2D eigenvalue weighted by molar-refractivity contribution is 9.10. The SMILES string of the molecule is OCc1c(F)cccc1Oc1cc(F)c(Cl)cc1Br. The van der Waals surface area contributed by atoms with E-state index in [1.807, 2.05) is 0 Å². The van der Waals surface area contributed by atoms with E-state index in [9.17, 15) is 8.78 Å². The van der Waals surface area contributed by atoms with Crippen LogP contribution in [0.1, 0.15) is 5.56 Å². The van der Waals surface area contributed by atoms with Crippen LogP contribution in [0.3, 0.4) is 0 Å². The fourth-order valence-corrected chi connectivity index (χ4v) is 2.21. The lowest BCUT2D eigenvalue weighted by atomic mass is 10.2. The third-order valence-corrected chi connectivity index (χ3v) is 3.34. The van der Waals surface area contributed by atoms with E-state index in [2.05, 4.69) is 15.9 Å². The quantitative estimate of drug-likeness (QED) is 0.816.